The molecule has 0 fully saturated rings. The van der Waals surface area contributed by atoms with Crippen LogP contribution >= 0.6 is 0 Å². The molecule has 0 bridgehead atoms. The van der Waals surface area contributed by atoms with E-state index in [0.717, 1.165) is 23.3 Å². The van der Waals surface area contributed by atoms with E-state index >= 15 is 0 Å². The number of hydrogen-bond donors (Lipinski definition) is 2. The first kappa shape index (κ1) is 19.5. The molecular weight excluding hydrogens is 330 g/mol. The summed E-state index contributed by atoms with van der Waals surface area (Å²) in [5, 5.41) is 12.0. The van der Waals surface area contributed by atoms with Crippen molar-refractivity contribution in [1.29, 1.82) is 0 Å². The second kappa shape index (κ2) is 10.2. The Bertz CT molecular complexity index is 698. The molecule has 0 spiro atoms. The number of nitrogens with one attached hydrogen (secondary N) is 1. The average Bonchev–Trinajstić information content (AvgIpc) is 2.65. The number of aliphatic carboxylic acids is 1. The van der Waals surface area contributed by atoms with Crippen molar-refractivity contribution in [2.24, 2.45) is 0 Å². The van der Waals surface area contributed by atoms with Gasteiger partial charge in [-0.3, -0.25) is 4.79 Å². The van der Waals surface area contributed by atoms with Gasteiger partial charge in [-0.25, -0.2) is 4.79 Å². The minimum atomic E-state index is -1.03. The number of amides is 1. The van der Waals surface area contributed by atoms with Gasteiger partial charge in [-0.2, -0.15) is 0 Å². The first-order chi connectivity index (χ1) is 12.6. The van der Waals surface area contributed by atoms with Gasteiger partial charge in [-0.15, -0.1) is 0 Å². The average molecular weight is 355 g/mol. The largest absolute Gasteiger partial charge is 0.494 e. The summed E-state index contributed by atoms with van der Waals surface area (Å²) < 4.78 is 5.53. The van der Waals surface area contributed by atoms with E-state index in [4.69, 9.17) is 4.74 Å². The zero-order chi connectivity index (χ0) is 18.8. The monoisotopic (exact) mass is 355 g/mol. The first-order valence-electron chi connectivity index (χ1n) is 8.86. The van der Waals surface area contributed by atoms with Crippen molar-refractivity contribution in [2.75, 3.05) is 6.61 Å². The number of carboxylic acid groups (broad SMARTS) is 1. The maximum atomic E-state index is 12.1. The summed E-state index contributed by atoms with van der Waals surface area (Å²) in [4.78, 5) is 23.5. The van der Waals surface area contributed by atoms with Crippen LogP contribution in [0, 0.1) is 0 Å². The number of carbonyl (C=O) groups excluding carboxylic acids is 1. The van der Waals surface area contributed by atoms with Crippen molar-refractivity contribution in [1.82, 2.24) is 5.32 Å². The molecule has 0 aliphatic rings. The lowest BCUT2D eigenvalue weighted by atomic mass is 10.1. The second-order valence-electron chi connectivity index (χ2n) is 6.14. The van der Waals surface area contributed by atoms with Crippen molar-refractivity contribution >= 4 is 11.9 Å². The van der Waals surface area contributed by atoms with E-state index < -0.39 is 12.0 Å². The van der Waals surface area contributed by atoms with Crippen LogP contribution in [0.4, 0.5) is 0 Å². The molecule has 2 aromatic rings. The topological polar surface area (TPSA) is 75.6 Å². The fourth-order valence-electron chi connectivity index (χ4n) is 2.55. The van der Waals surface area contributed by atoms with Gasteiger partial charge in [0.2, 0.25) is 5.91 Å². The number of benzene rings is 2. The number of aryl methyl sites for hydroxylation is 1. The molecule has 1 unspecified atom stereocenters. The Morgan fingerprint density at radius 1 is 1.04 bits per heavy atom. The molecule has 2 aromatic carbocycles. The van der Waals surface area contributed by atoms with Crippen LogP contribution < -0.4 is 10.1 Å². The van der Waals surface area contributed by atoms with E-state index in [1.807, 2.05) is 54.6 Å². The normalized spacial score (nSPS) is 11.6. The standard InChI is InChI=1S/C21H25NO4/c1-2-14-26-18-11-8-16(9-12-18)10-13-20(23)22-19(21(24)25)15-17-6-4-3-5-7-17/h3-9,11-12,19H,2,10,13-15H2,1H3,(H,22,23)(H,24,25). The summed E-state index contributed by atoms with van der Waals surface area (Å²) in [6, 6.07) is 16.0. The van der Waals surface area contributed by atoms with Crippen molar-refractivity contribution in [2.45, 2.75) is 38.6 Å². The highest BCUT2D eigenvalue weighted by Crippen LogP contribution is 2.14. The van der Waals surface area contributed by atoms with Crippen LogP contribution in [0.2, 0.25) is 0 Å². The zero-order valence-corrected chi connectivity index (χ0v) is 15.0. The van der Waals surface area contributed by atoms with Crippen molar-refractivity contribution in [3.05, 3.63) is 65.7 Å². The number of hydrogen-bond acceptors (Lipinski definition) is 3. The molecular formula is C21H25NO4. The first-order valence-corrected chi connectivity index (χ1v) is 8.86. The van der Waals surface area contributed by atoms with Gasteiger partial charge in [0.05, 0.1) is 6.61 Å². The highest BCUT2D eigenvalue weighted by molar-refractivity contribution is 5.83. The summed E-state index contributed by atoms with van der Waals surface area (Å²) in [7, 11) is 0. The molecule has 0 saturated carbocycles. The molecule has 0 radical (unpaired) electrons. The molecule has 0 aliphatic heterocycles. The third-order valence-electron chi connectivity index (χ3n) is 3.95. The Labute approximate surface area is 154 Å². The van der Waals surface area contributed by atoms with E-state index in [-0.39, 0.29) is 18.7 Å². The third-order valence-corrected chi connectivity index (χ3v) is 3.95. The number of carboxylic acids is 1. The molecule has 26 heavy (non-hydrogen) atoms. The molecule has 138 valence electrons. The Balaban J connectivity index is 1.83. The number of carbonyl (C=O) groups is 2. The van der Waals surface area contributed by atoms with Gasteiger partial charge in [-0.1, -0.05) is 49.4 Å². The van der Waals surface area contributed by atoms with Crippen LogP contribution in [0.1, 0.15) is 30.9 Å². The van der Waals surface area contributed by atoms with Crippen LogP contribution in [0.3, 0.4) is 0 Å². The van der Waals surface area contributed by atoms with Gasteiger partial charge in [0.1, 0.15) is 11.8 Å². The summed E-state index contributed by atoms with van der Waals surface area (Å²) in [5.74, 6) is -0.479. The van der Waals surface area contributed by atoms with E-state index in [1.165, 1.54) is 0 Å². The van der Waals surface area contributed by atoms with E-state index in [0.29, 0.717) is 13.0 Å². The molecule has 1 atom stereocenters. The Morgan fingerprint density at radius 2 is 1.73 bits per heavy atom. The van der Waals surface area contributed by atoms with Crippen molar-refractivity contribution in [3.8, 4) is 5.75 Å². The summed E-state index contributed by atoms with van der Waals surface area (Å²) >= 11 is 0. The highest BCUT2D eigenvalue weighted by Gasteiger charge is 2.20. The Morgan fingerprint density at radius 3 is 2.35 bits per heavy atom. The molecule has 1 amide bonds. The summed E-state index contributed by atoms with van der Waals surface area (Å²) in [6.07, 6.45) is 2.02. The Hall–Kier alpha value is -2.82. The van der Waals surface area contributed by atoms with Crippen molar-refractivity contribution in [3.63, 3.8) is 0 Å². The highest BCUT2D eigenvalue weighted by atomic mass is 16.5. The lowest BCUT2D eigenvalue weighted by molar-refractivity contribution is -0.141. The molecule has 2 N–H and O–H groups in total. The van der Waals surface area contributed by atoms with Gasteiger partial charge in [-0.05, 0) is 36.1 Å². The zero-order valence-electron chi connectivity index (χ0n) is 15.0. The van der Waals surface area contributed by atoms with Crippen molar-refractivity contribution < 1.29 is 19.4 Å². The van der Waals surface area contributed by atoms with Gasteiger partial charge in [0.15, 0.2) is 0 Å². The molecule has 0 aromatic heterocycles. The smallest absolute Gasteiger partial charge is 0.326 e. The maximum Gasteiger partial charge on any atom is 0.326 e. The van der Waals surface area contributed by atoms with Crippen LogP contribution in [-0.4, -0.2) is 29.6 Å². The number of rotatable bonds is 10. The minimum absolute atomic E-state index is 0.244. The molecule has 5 heteroatoms. The molecule has 0 heterocycles. The molecule has 0 saturated heterocycles. The van der Waals surface area contributed by atoms with E-state index in [1.54, 1.807) is 0 Å². The minimum Gasteiger partial charge on any atom is -0.494 e. The maximum absolute atomic E-state index is 12.1. The SMILES string of the molecule is CCCOc1ccc(CCC(=O)NC(Cc2ccccc2)C(=O)O)cc1. The molecule has 5 nitrogen and oxygen atoms in total. The van der Waals surface area contributed by atoms with Gasteiger partial charge >= 0.3 is 5.97 Å². The van der Waals surface area contributed by atoms with Crippen LogP contribution in [-0.2, 0) is 22.4 Å². The summed E-state index contributed by atoms with van der Waals surface area (Å²) in [5.41, 5.74) is 1.89. The van der Waals surface area contributed by atoms with Gasteiger partial charge in [0.25, 0.3) is 0 Å². The second-order valence-corrected chi connectivity index (χ2v) is 6.14. The predicted molar refractivity (Wildman–Crippen MR) is 100 cm³/mol. The molecule has 0 aliphatic carbocycles. The van der Waals surface area contributed by atoms with E-state index in [2.05, 4.69) is 12.2 Å². The fourth-order valence-corrected chi connectivity index (χ4v) is 2.55. The predicted octanol–water partition coefficient (Wildman–Crippen LogP) is 3.22. The lowest BCUT2D eigenvalue weighted by Gasteiger charge is -2.14. The van der Waals surface area contributed by atoms with Gasteiger partial charge in [0, 0.05) is 12.8 Å². The number of ether oxygens (including phenoxy) is 1. The summed E-state index contributed by atoms with van der Waals surface area (Å²) in [6.45, 7) is 2.73. The lowest BCUT2D eigenvalue weighted by Crippen LogP contribution is -2.42. The van der Waals surface area contributed by atoms with Crippen LogP contribution in [0.5, 0.6) is 5.75 Å². The van der Waals surface area contributed by atoms with Crippen LogP contribution in [0.25, 0.3) is 0 Å². The molecule has 2 rings (SSSR count). The third kappa shape index (κ3) is 6.59. The van der Waals surface area contributed by atoms with Crippen LogP contribution in [0.15, 0.2) is 54.6 Å². The fraction of sp³-hybridized carbons (Fsp3) is 0.333. The quantitative estimate of drug-likeness (QED) is 0.686. The van der Waals surface area contributed by atoms with E-state index in [9.17, 15) is 14.7 Å². The van der Waals surface area contributed by atoms with Gasteiger partial charge < -0.3 is 15.2 Å². The Kier molecular flexibility index (Phi) is 7.68.